The largest absolute Gasteiger partial charge is 0.481 e. The zero-order valence-electron chi connectivity index (χ0n) is 15.8. The van der Waals surface area contributed by atoms with Crippen molar-refractivity contribution < 1.29 is 22.7 Å². The number of hydrogen-bond donors (Lipinski definition) is 2. The van der Waals surface area contributed by atoms with Gasteiger partial charge in [0.15, 0.2) is 0 Å². The van der Waals surface area contributed by atoms with Gasteiger partial charge in [-0.15, -0.1) is 0 Å². The molecule has 1 aromatic heterocycles. The monoisotopic (exact) mass is 418 g/mol. The van der Waals surface area contributed by atoms with Gasteiger partial charge in [0.05, 0.1) is 11.3 Å². The lowest BCUT2D eigenvalue weighted by Gasteiger charge is -2.15. The van der Waals surface area contributed by atoms with Crippen LogP contribution in [0.3, 0.4) is 0 Å². The van der Waals surface area contributed by atoms with Crippen molar-refractivity contribution in [2.24, 2.45) is 5.14 Å². The second-order valence-corrected chi connectivity index (χ2v) is 8.51. The molecule has 1 aliphatic rings. The van der Waals surface area contributed by atoms with Gasteiger partial charge in [-0.1, -0.05) is 18.2 Å². The number of nitrogens with zero attached hydrogens (tertiary/aromatic N) is 1. The van der Waals surface area contributed by atoms with E-state index in [0.717, 1.165) is 37.1 Å². The van der Waals surface area contributed by atoms with Crippen LogP contribution >= 0.6 is 0 Å². The van der Waals surface area contributed by atoms with E-state index in [1.54, 1.807) is 0 Å². The van der Waals surface area contributed by atoms with Crippen molar-refractivity contribution in [2.75, 3.05) is 0 Å². The molecule has 0 spiro atoms. The molecule has 0 fully saturated rings. The number of nitrogens with two attached hydrogens (primary N) is 1. The molecule has 0 saturated carbocycles. The van der Waals surface area contributed by atoms with E-state index in [1.165, 1.54) is 35.0 Å². The highest BCUT2D eigenvalue weighted by Gasteiger charge is 2.19. The van der Waals surface area contributed by atoms with Crippen LogP contribution in [0.1, 0.15) is 30.5 Å². The number of carbonyl (C=O) groups is 1. The highest BCUT2D eigenvalue weighted by molar-refractivity contribution is 7.89. The number of sulfonamides is 1. The molecule has 1 heterocycles. The Bertz CT molecular complexity index is 1120. The highest BCUT2D eigenvalue weighted by Crippen LogP contribution is 2.32. The number of fused-ring (bicyclic) bond motifs is 3. The lowest BCUT2D eigenvalue weighted by Crippen LogP contribution is -2.11. The lowest BCUT2D eigenvalue weighted by atomic mass is 9.95. The third-order valence-corrected chi connectivity index (χ3v) is 5.91. The molecule has 0 saturated heterocycles. The van der Waals surface area contributed by atoms with Gasteiger partial charge in [0, 0.05) is 23.1 Å². The Kier molecular flexibility index (Phi) is 6.34. The summed E-state index contributed by atoms with van der Waals surface area (Å²) in [7, 11) is -3.69. The van der Waals surface area contributed by atoms with Gasteiger partial charge in [-0.05, 0) is 61.6 Å². The number of primary sulfonamides is 1. The van der Waals surface area contributed by atoms with Crippen LogP contribution in [0.4, 0.5) is 4.39 Å². The summed E-state index contributed by atoms with van der Waals surface area (Å²) >= 11 is 0. The normalized spacial score (nSPS) is 13.4. The van der Waals surface area contributed by atoms with Crippen molar-refractivity contribution in [1.29, 1.82) is 0 Å². The molecular weight excluding hydrogens is 395 g/mol. The van der Waals surface area contributed by atoms with Crippen molar-refractivity contribution in [3.8, 4) is 0 Å². The van der Waals surface area contributed by atoms with Crippen LogP contribution in [0.2, 0.25) is 0 Å². The molecule has 154 valence electrons. The first-order chi connectivity index (χ1) is 13.8. The number of aryl methyl sites for hydroxylation is 2. The number of aromatic nitrogens is 1. The van der Waals surface area contributed by atoms with Gasteiger partial charge in [0.25, 0.3) is 0 Å². The van der Waals surface area contributed by atoms with Crippen LogP contribution in [0.25, 0.3) is 10.9 Å². The fraction of sp³-hybridized carbons (Fsp3) is 0.286. The number of carboxylic acids is 1. The van der Waals surface area contributed by atoms with Gasteiger partial charge in [-0.3, -0.25) is 4.79 Å². The smallest absolute Gasteiger partial charge is 0.305 e. The average molecular weight is 418 g/mol. The summed E-state index contributed by atoms with van der Waals surface area (Å²) in [5, 5.41) is 14.9. The first-order valence-electron chi connectivity index (χ1n) is 9.36. The molecule has 3 N–H and O–H groups in total. The van der Waals surface area contributed by atoms with Crippen molar-refractivity contribution in [3.63, 3.8) is 0 Å². The maximum Gasteiger partial charge on any atom is 0.305 e. The lowest BCUT2D eigenvalue weighted by molar-refractivity contribution is -0.137. The zero-order valence-corrected chi connectivity index (χ0v) is 16.7. The van der Waals surface area contributed by atoms with Gasteiger partial charge in [-0.25, -0.2) is 17.9 Å². The van der Waals surface area contributed by atoms with Gasteiger partial charge in [0.1, 0.15) is 5.82 Å². The summed E-state index contributed by atoms with van der Waals surface area (Å²) in [6.07, 6.45) is 4.89. The van der Waals surface area contributed by atoms with E-state index in [0.29, 0.717) is 6.54 Å². The second kappa shape index (κ2) is 8.75. The van der Waals surface area contributed by atoms with E-state index in [4.69, 9.17) is 10.2 Å². The number of aliphatic carboxylic acids is 1. The number of carboxylic acid groups (broad SMARTS) is 1. The Morgan fingerprint density at radius 3 is 2.38 bits per heavy atom. The Labute approximate surface area is 168 Å². The van der Waals surface area contributed by atoms with E-state index in [9.17, 15) is 17.6 Å². The molecule has 4 rings (SSSR count). The van der Waals surface area contributed by atoms with Crippen LogP contribution in [-0.2, 0) is 34.2 Å². The van der Waals surface area contributed by atoms with E-state index in [-0.39, 0.29) is 11.3 Å². The summed E-state index contributed by atoms with van der Waals surface area (Å²) in [5.74, 6) is -1.21. The maximum atomic E-state index is 12.2. The minimum atomic E-state index is -3.69. The molecule has 8 heteroatoms. The Hall–Kier alpha value is -2.71. The molecule has 29 heavy (non-hydrogen) atoms. The summed E-state index contributed by atoms with van der Waals surface area (Å²) in [6.45, 7) is 0.588. The van der Waals surface area contributed by atoms with E-state index in [2.05, 4.69) is 22.8 Å². The predicted molar refractivity (Wildman–Crippen MR) is 109 cm³/mol. The Morgan fingerprint density at radius 1 is 1.07 bits per heavy atom. The predicted octanol–water partition coefficient (Wildman–Crippen LogP) is 3.47. The van der Waals surface area contributed by atoms with Crippen molar-refractivity contribution in [3.05, 3.63) is 65.6 Å². The second-order valence-electron chi connectivity index (χ2n) is 6.94. The molecule has 0 bridgehead atoms. The zero-order chi connectivity index (χ0) is 21.0. The standard InChI is InChI=1S/C15H17NO2.C6H6FNO2S/c17-15(18)9-10-16-13-7-3-1-5-11(13)12-6-2-4-8-14(12)16;7-5-1-3-6(4-2-5)11(8,9)10/h1,3,5,7H,2,4,6,8-10H2,(H,17,18);1-4H,(H2,8,9,10). The Balaban J connectivity index is 0.000000188. The third kappa shape index (κ3) is 5.02. The summed E-state index contributed by atoms with van der Waals surface area (Å²) in [4.78, 5) is 10.7. The van der Waals surface area contributed by atoms with Crippen molar-refractivity contribution >= 4 is 26.9 Å². The van der Waals surface area contributed by atoms with Crippen LogP contribution in [0.5, 0.6) is 0 Å². The summed E-state index contributed by atoms with van der Waals surface area (Å²) < 4.78 is 35.7. The van der Waals surface area contributed by atoms with Gasteiger partial charge >= 0.3 is 5.97 Å². The molecule has 0 amide bonds. The minimum absolute atomic E-state index is 0.0844. The van der Waals surface area contributed by atoms with Gasteiger partial charge < -0.3 is 9.67 Å². The first kappa shape index (κ1) is 21.0. The quantitative estimate of drug-likeness (QED) is 0.677. The highest BCUT2D eigenvalue weighted by atomic mass is 32.2. The van der Waals surface area contributed by atoms with Crippen LogP contribution < -0.4 is 5.14 Å². The van der Waals surface area contributed by atoms with E-state index < -0.39 is 21.8 Å². The van der Waals surface area contributed by atoms with Crippen molar-refractivity contribution in [2.45, 2.75) is 43.5 Å². The molecule has 6 nitrogen and oxygen atoms in total. The molecule has 2 aromatic carbocycles. The van der Waals surface area contributed by atoms with Crippen LogP contribution in [0.15, 0.2) is 53.4 Å². The molecular formula is C21H23FN2O4S. The van der Waals surface area contributed by atoms with Gasteiger partial charge in [-0.2, -0.15) is 0 Å². The maximum absolute atomic E-state index is 12.2. The van der Waals surface area contributed by atoms with Crippen molar-refractivity contribution in [1.82, 2.24) is 4.57 Å². The molecule has 0 unspecified atom stereocenters. The number of hydrogen-bond acceptors (Lipinski definition) is 3. The summed E-state index contributed by atoms with van der Waals surface area (Å²) in [5.41, 5.74) is 4.01. The minimum Gasteiger partial charge on any atom is -0.481 e. The molecule has 1 aliphatic carbocycles. The molecule has 0 atom stereocenters. The van der Waals surface area contributed by atoms with Crippen LogP contribution in [-0.4, -0.2) is 24.1 Å². The number of para-hydroxylation sites is 1. The van der Waals surface area contributed by atoms with E-state index in [1.807, 2.05) is 6.07 Å². The summed E-state index contributed by atoms with van der Waals surface area (Å²) in [6, 6.07) is 12.7. The fourth-order valence-electron chi connectivity index (χ4n) is 3.67. The topological polar surface area (TPSA) is 102 Å². The SMILES string of the molecule is NS(=O)(=O)c1ccc(F)cc1.O=C(O)CCn1c2c(c3ccccc31)CCCC2. The van der Waals surface area contributed by atoms with Crippen LogP contribution in [0, 0.1) is 5.82 Å². The van der Waals surface area contributed by atoms with E-state index >= 15 is 0 Å². The number of halogens is 1. The fourth-order valence-corrected chi connectivity index (χ4v) is 4.19. The number of benzene rings is 2. The molecule has 0 aliphatic heterocycles. The molecule has 3 aromatic rings. The average Bonchev–Trinajstić information content (AvgIpc) is 3.00. The first-order valence-corrected chi connectivity index (χ1v) is 10.9. The van der Waals surface area contributed by atoms with Gasteiger partial charge in [0.2, 0.25) is 10.0 Å². The third-order valence-electron chi connectivity index (χ3n) is 4.98. The number of rotatable bonds is 4. The Morgan fingerprint density at radius 2 is 1.72 bits per heavy atom. The molecule has 0 radical (unpaired) electrons.